The zero-order chi connectivity index (χ0) is 7.78. The second-order valence-corrected chi connectivity index (χ2v) is 4.69. The molecule has 1 aliphatic carbocycles. The third kappa shape index (κ3) is 5.49. The minimum absolute atomic E-state index is 0. The minimum atomic E-state index is 0. The van der Waals surface area contributed by atoms with Crippen LogP contribution in [0.15, 0.2) is 21.6 Å². The summed E-state index contributed by atoms with van der Waals surface area (Å²) in [6, 6.07) is 0. The summed E-state index contributed by atoms with van der Waals surface area (Å²) in [5.74, 6) is 0. The zero-order valence-corrected chi connectivity index (χ0v) is 12.1. The monoisotopic (exact) mass is 277 g/mol. The molecule has 0 spiro atoms. The number of hydrogen-bond acceptors (Lipinski definition) is 0. The van der Waals surface area contributed by atoms with Crippen LogP contribution in [0.1, 0.15) is 27.2 Å². The molecule has 0 unspecified atom stereocenters. The van der Waals surface area contributed by atoms with Gasteiger partial charge in [0.2, 0.25) is 0 Å². The van der Waals surface area contributed by atoms with Gasteiger partial charge in [-0.2, -0.15) is 0 Å². The summed E-state index contributed by atoms with van der Waals surface area (Å²) in [5.41, 5.74) is 1.87. The van der Waals surface area contributed by atoms with Crippen LogP contribution in [0.3, 0.4) is 0 Å². The van der Waals surface area contributed by atoms with E-state index in [-0.39, 0.29) is 37.2 Å². The van der Waals surface area contributed by atoms with Crippen LogP contribution < -0.4 is 0 Å². The number of allylic oxidation sites excluding steroid dienone is 4. The van der Waals surface area contributed by atoms with Crippen LogP contribution >= 0.6 is 37.2 Å². The van der Waals surface area contributed by atoms with Gasteiger partial charge in [0.15, 0.2) is 0 Å². The number of hydrogen-bond donors (Lipinski definition) is 0. The molecule has 0 bridgehead atoms. The molecule has 0 aromatic rings. The maximum atomic E-state index is 2.27. The maximum Gasteiger partial charge on any atom is -0.147 e. The summed E-state index contributed by atoms with van der Waals surface area (Å²) in [6.07, 6.45) is 5.66. The van der Waals surface area contributed by atoms with Crippen LogP contribution in [0.2, 0.25) is 0 Å². The van der Waals surface area contributed by atoms with Crippen LogP contribution in [-0.4, -0.2) is 0 Å². The molecule has 0 saturated carbocycles. The SMILES string of the molecule is CC(C)(C)C1=[C]([Ti])CC=C1.Cl.Cl.Cl. The van der Waals surface area contributed by atoms with E-state index in [1.54, 1.807) is 0 Å². The molecule has 4 heteroatoms. The van der Waals surface area contributed by atoms with Crippen molar-refractivity contribution in [2.75, 3.05) is 0 Å². The van der Waals surface area contributed by atoms with Crippen LogP contribution in [0, 0.1) is 5.41 Å². The molecule has 13 heavy (non-hydrogen) atoms. The zero-order valence-electron chi connectivity index (χ0n) is 8.09. The van der Waals surface area contributed by atoms with Gasteiger partial charge in [-0.25, -0.2) is 0 Å². The second kappa shape index (κ2) is 7.37. The molecule has 0 heterocycles. The summed E-state index contributed by atoms with van der Waals surface area (Å²) in [5, 5.41) is 0. The molecule has 0 aromatic carbocycles. The molecule has 1 aliphatic rings. The fourth-order valence-corrected chi connectivity index (χ4v) is 2.11. The molecule has 0 atom stereocenters. The van der Waals surface area contributed by atoms with Crippen molar-refractivity contribution in [2.45, 2.75) is 27.2 Å². The largest absolute Gasteiger partial charge is 0.147 e. The van der Waals surface area contributed by atoms with Crippen LogP contribution in [-0.2, 0) is 20.4 Å². The van der Waals surface area contributed by atoms with Gasteiger partial charge in [-0.3, -0.25) is 0 Å². The molecule has 0 radical (unpaired) electrons. The molecule has 0 fully saturated rings. The van der Waals surface area contributed by atoms with Crippen LogP contribution in [0.25, 0.3) is 0 Å². The van der Waals surface area contributed by atoms with Crippen molar-refractivity contribution in [1.29, 1.82) is 0 Å². The Hall–Kier alpha value is 1.06. The summed E-state index contributed by atoms with van der Waals surface area (Å²) < 4.78 is 1.53. The number of halogens is 3. The van der Waals surface area contributed by atoms with E-state index in [1.807, 2.05) is 0 Å². The Kier molecular flexibility index (Phi) is 11.1. The van der Waals surface area contributed by atoms with E-state index < -0.39 is 0 Å². The molecule has 0 aromatic heterocycles. The van der Waals surface area contributed by atoms with E-state index in [9.17, 15) is 0 Å². The van der Waals surface area contributed by atoms with Gasteiger partial charge in [-0.05, 0) is 0 Å². The van der Waals surface area contributed by atoms with Gasteiger partial charge >= 0.3 is 74.6 Å². The van der Waals surface area contributed by atoms with Crippen molar-refractivity contribution in [1.82, 2.24) is 0 Å². The summed E-state index contributed by atoms with van der Waals surface area (Å²) >= 11 is 2.22. The molecule has 0 N–H and O–H groups in total. The maximum absolute atomic E-state index is 2.27. The molecule has 0 aliphatic heterocycles. The van der Waals surface area contributed by atoms with Gasteiger partial charge < -0.3 is 0 Å². The Balaban J connectivity index is -0.000000333. The molecule has 0 amide bonds. The van der Waals surface area contributed by atoms with E-state index in [4.69, 9.17) is 0 Å². The Morgan fingerprint density at radius 1 is 1.15 bits per heavy atom. The van der Waals surface area contributed by atoms with Crippen molar-refractivity contribution in [2.24, 2.45) is 5.41 Å². The van der Waals surface area contributed by atoms with E-state index in [1.165, 1.54) is 9.45 Å². The standard InChI is InChI=1S/C9H13.3ClH.Ti/c1-9(2,3)8-6-4-5-7-8;;;;/h4,6H,5H2,1-3H3;3*1H;. The topological polar surface area (TPSA) is 0 Å². The van der Waals surface area contributed by atoms with Crippen LogP contribution in [0.5, 0.6) is 0 Å². The molecular weight excluding hydrogens is 262 g/mol. The predicted octanol–water partition coefficient (Wildman–Crippen LogP) is 4.06. The summed E-state index contributed by atoms with van der Waals surface area (Å²) in [7, 11) is 0. The Labute approximate surface area is 111 Å². The van der Waals surface area contributed by atoms with Crippen LogP contribution in [0.4, 0.5) is 0 Å². The van der Waals surface area contributed by atoms with Crippen molar-refractivity contribution in [3.05, 3.63) is 21.6 Å². The minimum Gasteiger partial charge on any atom is -0.147 e. The predicted molar refractivity (Wildman–Crippen MR) is 62.0 cm³/mol. The average molecular weight is 278 g/mol. The fraction of sp³-hybridized carbons (Fsp3) is 0.556. The first-order valence-corrected chi connectivity index (χ1v) is 4.41. The third-order valence-electron chi connectivity index (χ3n) is 1.74. The van der Waals surface area contributed by atoms with Crippen molar-refractivity contribution < 1.29 is 20.4 Å². The molecular formula is C9H16Cl3Ti. The van der Waals surface area contributed by atoms with Gasteiger partial charge in [-0.1, -0.05) is 0 Å². The van der Waals surface area contributed by atoms with Crippen molar-refractivity contribution in [3.8, 4) is 0 Å². The first-order valence-electron chi connectivity index (χ1n) is 3.63. The smallest absolute Gasteiger partial charge is 0.147 e. The van der Waals surface area contributed by atoms with Crippen molar-refractivity contribution >= 4 is 37.2 Å². The van der Waals surface area contributed by atoms with Crippen molar-refractivity contribution in [3.63, 3.8) is 0 Å². The first kappa shape index (κ1) is 19.6. The van der Waals surface area contributed by atoms with Gasteiger partial charge in [0.05, 0.1) is 0 Å². The van der Waals surface area contributed by atoms with E-state index in [0.717, 1.165) is 6.42 Å². The average Bonchev–Trinajstić information content (AvgIpc) is 2.11. The molecule has 77 valence electrons. The quantitative estimate of drug-likeness (QED) is 0.586. The van der Waals surface area contributed by atoms with Gasteiger partial charge in [0, 0.05) is 0 Å². The Morgan fingerprint density at radius 3 is 1.77 bits per heavy atom. The summed E-state index contributed by atoms with van der Waals surface area (Å²) in [6.45, 7) is 6.80. The van der Waals surface area contributed by atoms with E-state index in [0.29, 0.717) is 5.41 Å². The third-order valence-corrected chi connectivity index (χ3v) is 2.48. The Morgan fingerprint density at radius 2 is 1.62 bits per heavy atom. The molecule has 0 nitrogen and oxygen atoms in total. The number of rotatable bonds is 0. The van der Waals surface area contributed by atoms with Gasteiger partial charge in [0.25, 0.3) is 0 Å². The van der Waals surface area contributed by atoms with E-state index >= 15 is 0 Å². The van der Waals surface area contributed by atoms with E-state index in [2.05, 4.69) is 53.4 Å². The molecule has 0 saturated heterocycles. The summed E-state index contributed by atoms with van der Waals surface area (Å²) in [4.78, 5) is 0. The molecule has 1 rings (SSSR count). The second-order valence-electron chi connectivity index (χ2n) is 3.75. The fourth-order valence-electron chi connectivity index (χ4n) is 1.21. The normalized spacial score (nSPS) is 14.3. The van der Waals surface area contributed by atoms with Gasteiger partial charge in [0.1, 0.15) is 0 Å². The Bertz CT molecular complexity index is 201. The first-order chi connectivity index (χ1) is 4.52. The van der Waals surface area contributed by atoms with Gasteiger partial charge in [-0.15, -0.1) is 37.2 Å².